The first-order valence-electron chi connectivity index (χ1n) is 9.51. The van der Waals surface area contributed by atoms with Gasteiger partial charge in [0, 0.05) is 39.3 Å². The van der Waals surface area contributed by atoms with Gasteiger partial charge >= 0.3 is 0 Å². The summed E-state index contributed by atoms with van der Waals surface area (Å²) in [7, 11) is 0. The number of amides is 1. The van der Waals surface area contributed by atoms with Gasteiger partial charge in [-0.25, -0.2) is 4.68 Å². The molecule has 0 aliphatic carbocycles. The Hall–Kier alpha value is -1.56. The lowest BCUT2D eigenvalue weighted by atomic mass is 10.1. The van der Waals surface area contributed by atoms with Gasteiger partial charge in [0.1, 0.15) is 0 Å². The summed E-state index contributed by atoms with van der Waals surface area (Å²) >= 11 is 12.0. The van der Waals surface area contributed by atoms with E-state index < -0.39 is 0 Å². The lowest BCUT2D eigenvalue weighted by molar-refractivity contribution is -0.130. The topological polar surface area (TPSA) is 41.4 Å². The average molecular weight is 409 g/mol. The summed E-state index contributed by atoms with van der Waals surface area (Å²) < 4.78 is 1.84. The number of unbranched alkanes of at least 4 members (excludes halogenated alkanes) is 2. The van der Waals surface area contributed by atoms with E-state index in [1.807, 2.05) is 27.9 Å². The molecule has 1 aromatic carbocycles. The molecular formula is C20H26Cl2N4O. The molecule has 27 heavy (non-hydrogen) atoms. The van der Waals surface area contributed by atoms with Crippen LogP contribution in [0.3, 0.4) is 0 Å². The highest BCUT2D eigenvalue weighted by Gasteiger charge is 2.17. The second-order valence-corrected chi connectivity index (χ2v) is 7.82. The molecule has 0 N–H and O–H groups in total. The van der Waals surface area contributed by atoms with E-state index in [0.717, 1.165) is 56.9 Å². The third-order valence-electron chi connectivity index (χ3n) is 5.04. The SMILES string of the molecule is CC(=O)N1CCN(CCCCCc2ccn(-c3ccc(Cl)c(Cl)c3)n2)CC1. The van der Waals surface area contributed by atoms with Crippen LogP contribution in [0.25, 0.3) is 5.69 Å². The Morgan fingerprint density at radius 2 is 1.81 bits per heavy atom. The Morgan fingerprint density at radius 3 is 2.52 bits per heavy atom. The molecule has 3 rings (SSSR count). The fourth-order valence-corrected chi connectivity index (χ4v) is 3.66. The summed E-state index contributed by atoms with van der Waals surface area (Å²) in [4.78, 5) is 15.7. The molecule has 2 heterocycles. The van der Waals surface area contributed by atoms with E-state index in [0.29, 0.717) is 10.0 Å². The summed E-state index contributed by atoms with van der Waals surface area (Å²) in [6.07, 6.45) is 6.45. The predicted molar refractivity (Wildman–Crippen MR) is 110 cm³/mol. The largest absolute Gasteiger partial charge is 0.340 e. The molecule has 2 aromatic rings. The van der Waals surface area contributed by atoms with Crippen LogP contribution in [0.5, 0.6) is 0 Å². The van der Waals surface area contributed by atoms with Gasteiger partial charge in [-0.3, -0.25) is 9.69 Å². The van der Waals surface area contributed by atoms with Crippen LogP contribution in [0.4, 0.5) is 0 Å². The van der Waals surface area contributed by atoms with E-state index in [2.05, 4.69) is 16.1 Å². The summed E-state index contributed by atoms with van der Waals surface area (Å²) in [5.41, 5.74) is 2.01. The van der Waals surface area contributed by atoms with Crippen LogP contribution in [0, 0.1) is 0 Å². The van der Waals surface area contributed by atoms with Crippen molar-refractivity contribution in [2.24, 2.45) is 0 Å². The van der Waals surface area contributed by atoms with Gasteiger partial charge in [-0.1, -0.05) is 29.6 Å². The highest BCUT2D eigenvalue weighted by Crippen LogP contribution is 2.24. The molecule has 0 saturated carbocycles. The lowest BCUT2D eigenvalue weighted by Gasteiger charge is -2.34. The highest BCUT2D eigenvalue weighted by molar-refractivity contribution is 6.42. The van der Waals surface area contributed by atoms with Crippen molar-refractivity contribution < 1.29 is 4.79 Å². The molecule has 0 atom stereocenters. The number of piperazine rings is 1. The number of hydrogen-bond donors (Lipinski definition) is 0. The normalized spacial score (nSPS) is 15.3. The predicted octanol–water partition coefficient (Wildman–Crippen LogP) is 4.06. The Labute approximate surface area is 170 Å². The average Bonchev–Trinajstić information content (AvgIpc) is 3.13. The maximum absolute atomic E-state index is 11.4. The van der Waals surface area contributed by atoms with Crippen LogP contribution in [0.1, 0.15) is 31.9 Å². The maximum atomic E-state index is 11.4. The zero-order valence-corrected chi connectivity index (χ0v) is 17.2. The molecule has 0 radical (unpaired) electrons. The van der Waals surface area contributed by atoms with Gasteiger partial charge in [0.25, 0.3) is 0 Å². The monoisotopic (exact) mass is 408 g/mol. The van der Waals surface area contributed by atoms with Crippen LogP contribution >= 0.6 is 23.2 Å². The standard InChI is InChI=1S/C20H26Cl2N4O/c1-16(27)25-13-11-24(12-14-25)9-4-2-3-5-17-8-10-26(23-17)18-6-7-19(21)20(22)15-18/h6-8,10,15H,2-5,9,11-14H2,1H3. The number of carbonyl (C=O) groups excluding carboxylic acids is 1. The molecule has 146 valence electrons. The zero-order valence-electron chi connectivity index (χ0n) is 15.7. The first-order chi connectivity index (χ1) is 13.0. The molecule has 7 heteroatoms. The van der Waals surface area contributed by atoms with Crippen molar-refractivity contribution in [1.82, 2.24) is 19.6 Å². The van der Waals surface area contributed by atoms with Gasteiger partial charge in [-0.2, -0.15) is 5.10 Å². The number of halogens is 2. The number of aryl methyl sites for hydroxylation is 1. The molecule has 5 nitrogen and oxygen atoms in total. The van der Waals surface area contributed by atoms with Crippen molar-refractivity contribution in [3.8, 4) is 5.69 Å². The highest BCUT2D eigenvalue weighted by atomic mass is 35.5. The second kappa shape index (κ2) is 9.58. The van der Waals surface area contributed by atoms with E-state index in [-0.39, 0.29) is 5.91 Å². The minimum Gasteiger partial charge on any atom is -0.340 e. The quantitative estimate of drug-likeness (QED) is 0.648. The van der Waals surface area contributed by atoms with Crippen LogP contribution < -0.4 is 0 Å². The third-order valence-corrected chi connectivity index (χ3v) is 5.78. The van der Waals surface area contributed by atoms with E-state index in [4.69, 9.17) is 23.2 Å². The molecule has 1 aliphatic rings. The minimum atomic E-state index is 0.190. The van der Waals surface area contributed by atoms with Crippen LogP contribution in [0.2, 0.25) is 10.0 Å². The Kier molecular flexibility index (Phi) is 7.16. The fraction of sp³-hybridized carbons (Fsp3) is 0.500. The molecule has 1 amide bonds. The van der Waals surface area contributed by atoms with Crippen LogP contribution in [0.15, 0.2) is 30.5 Å². The Bertz CT molecular complexity index is 769. The number of carbonyl (C=O) groups is 1. The van der Waals surface area contributed by atoms with Gasteiger partial charge in [0.15, 0.2) is 0 Å². The van der Waals surface area contributed by atoms with Gasteiger partial charge in [-0.05, 0) is 50.1 Å². The van der Waals surface area contributed by atoms with Gasteiger partial charge in [-0.15, -0.1) is 0 Å². The molecule has 1 fully saturated rings. The lowest BCUT2D eigenvalue weighted by Crippen LogP contribution is -2.48. The van der Waals surface area contributed by atoms with Crippen molar-refractivity contribution >= 4 is 29.1 Å². The number of benzene rings is 1. The Balaban J connectivity index is 1.36. The van der Waals surface area contributed by atoms with Gasteiger partial charge < -0.3 is 4.90 Å². The molecule has 1 aromatic heterocycles. The second-order valence-electron chi connectivity index (χ2n) is 7.01. The van der Waals surface area contributed by atoms with E-state index >= 15 is 0 Å². The van der Waals surface area contributed by atoms with E-state index in [1.54, 1.807) is 13.0 Å². The third kappa shape index (κ3) is 5.71. The van der Waals surface area contributed by atoms with Crippen molar-refractivity contribution in [1.29, 1.82) is 0 Å². The van der Waals surface area contributed by atoms with Gasteiger partial charge in [0.05, 0.1) is 21.4 Å². The summed E-state index contributed by atoms with van der Waals surface area (Å²) in [6, 6.07) is 7.59. The number of nitrogens with zero attached hydrogens (tertiary/aromatic N) is 4. The number of hydrogen-bond acceptors (Lipinski definition) is 3. The van der Waals surface area contributed by atoms with E-state index in [1.165, 1.54) is 12.8 Å². The summed E-state index contributed by atoms with van der Waals surface area (Å²) in [5, 5.41) is 5.72. The summed E-state index contributed by atoms with van der Waals surface area (Å²) in [6.45, 7) is 6.48. The van der Waals surface area contributed by atoms with Crippen molar-refractivity contribution in [2.75, 3.05) is 32.7 Å². The minimum absolute atomic E-state index is 0.190. The zero-order chi connectivity index (χ0) is 19.2. The summed E-state index contributed by atoms with van der Waals surface area (Å²) in [5.74, 6) is 0.190. The van der Waals surface area contributed by atoms with Gasteiger partial charge in [0.2, 0.25) is 5.91 Å². The number of rotatable bonds is 7. The van der Waals surface area contributed by atoms with E-state index in [9.17, 15) is 4.79 Å². The number of aromatic nitrogens is 2. The van der Waals surface area contributed by atoms with Crippen LogP contribution in [-0.4, -0.2) is 58.2 Å². The smallest absolute Gasteiger partial charge is 0.219 e. The molecule has 0 unspecified atom stereocenters. The molecule has 0 spiro atoms. The van der Waals surface area contributed by atoms with Crippen LogP contribution in [-0.2, 0) is 11.2 Å². The first-order valence-corrected chi connectivity index (χ1v) is 10.3. The maximum Gasteiger partial charge on any atom is 0.219 e. The van der Waals surface area contributed by atoms with Crippen molar-refractivity contribution in [2.45, 2.75) is 32.6 Å². The molecule has 0 bridgehead atoms. The molecule has 1 saturated heterocycles. The van der Waals surface area contributed by atoms with Crippen molar-refractivity contribution in [3.05, 3.63) is 46.2 Å². The Morgan fingerprint density at radius 1 is 1.04 bits per heavy atom. The fourth-order valence-electron chi connectivity index (χ4n) is 3.37. The molecule has 1 aliphatic heterocycles. The first kappa shape index (κ1) is 20.2. The molecular weight excluding hydrogens is 383 g/mol. The van der Waals surface area contributed by atoms with Crippen molar-refractivity contribution in [3.63, 3.8) is 0 Å².